The standard InChI is InChI=1S/C15H22BrFN2/c1-19(12-5-3-2-4-6-12)15(10-18)13-9-11(16)7-8-14(13)17/h7-9,12,15H,2-6,10,18H2,1H3. The zero-order valence-corrected chi connectivity index (χ0v) is 13.0. The van der Waals surface area contributed by atoms with E-state index in [0.717, 1.165) is 4.47 Å². The van der Waals surface area contributed by atoms with Crippen LogP contribution < -0.4 is 5.73 Å². The molecule has 0 spiro atoms. The van der Waals surface area contributed by atoms with Crippen LogP contribution >= 0.6 is 15.9 Å². The molecule has 1 saturated carbocycles. The molecular weight excluding hydrogens is 307 g/mol. The fourth-order valence-electron chi connectivity index (χ4n) is 3.03. The Morgan fingerprint density at radius 3 is 2.68 bits per heavy atom. The van der Waals surface area contributed by atoms with Gasteiger partial charge in [-0.2, -0.15) is 0 Å². The molecule has 0 bridgehead atoms. The van der Waals surface area contributed by atoms with E-state index in [-0.39, 0.29) is 11.9 Å². The van der Waals surface area contributed by atoms with E-state index in [2.05, 4.69) is 27.9 Å². The molecule has 0 amide bonds. The van der Waals surface area contributed by atoms with Crippen LogP contribution in [0.1, 0.15) is 43.7 Å². The van der Waals surface area contributed by atoms with Gasteiger partial charge in [0.1, 0.15) is 5.82 Å². The lowest BCUT2D eigenvalue weighted by atomic mass is 9.92. The van der Waals surface area contributed by atoms with Gasteiger partial charge in [0.25, 0.3) is 0 Å². The van der Waals surface area contributed by atoms with Crippen molar-refractivity contribution in [3.05, 3.63) is 34.1 Å². The van der Waals surface area contributed by atoms with Gasteiger partial charge in [-0.1, -0.05) is 35.2 Å². The first kappa shape index (κ1) is 14.9. The van der Waals surface area contributed by atoms with Crippen molar-refractivity contribution in [2.75, 3.05) is 13.6 Å². The van der Waals surface area contributed by atoms with Gasteiger partial charge in [0, 0.05) is 28.7 Å². The maximum atomic E-state index is 14.0. The minimum absolute atomic E-state index is 0.0411. The molecule has 1 aliphatic carbocycles. The number of benzene rings is 1. The van der Waals surface area contributed by atoms with E-state index in [0.29, 0.717) is 18.2 Å². The molecule has 2 rings (SSSR count). The Balaban J connectivity index is 2.20. The van der Waals surface area contributed by atoms with Crippen LogP contribution in [0.3, 0.4) is 0 Å². The van der Waals surface area contributed by atoms with Crippen LogP contribution in [0.25, 0.3) is 0 Å². The van der Waals surface area contributed by atoms with Gasteiger partial charge in [0.05, 0.1) is 0 Å². The molecular formula is C15H22BrFN2. The maximum Gasteiger partial charge on any atom is 0.128 e. The molecule has 0 saturated heterocycles. The van der Waals surface area contributed by atoms with Crippen LogP contribution in [0.5, 0.6) is 0 Å². The summed E-state index contributed by atoms with van der Waals surface area (Å²) in [7, 11) is 2.08. The average molecular weight is 329 g/mol. The zero-order chi connectivity index (χ0) is 13.8. The second kappa shape index (κ2) is 6.82. The molecule has 1 fully saturated rings. The number of halogens is 2. The summed E-state index contributed by atoms with van der Waals surface area (Å²) in [6.45, 7) is 0.445. The van der Waals surface area contributed by atoms with Crippen LogP contribution in [0.2, 0.25) is 0 Å². The summed E-state index contributed by atoms with van der Waals surface area (Å²) in [5, 5.41) is 0. The summed E-state index contributed by atoms with van der Waals surface area (Å²) < 4.78 is 14.9. The summed E-state index contributed by atoms with van der Waals surface area (Å²) in [6, 6.07) is 5.58. The van der Waals surface area contributed by atoms with Crippen LogP contribution in [0.4, 0.5) is 4.39 Å². The Morgan fingerprint density at radius 2 is 2.05 bits per heavy atom. The fraction of sp³-hybridized carbons (Fsp3) is 0.600. The van der Waals surface area contributed by atoms with E-state index in [1.165, 1.54) is 38.2 Å². The predicted octanol–water partition coefficient (Wildman–Crippen LogP) is 3.85. The minimum Gasteiger partial charge on any atom is -0.329 e. The van der Waals surface area contributed by atoms with Crippen molar-refractivity contribution >= 4 is 15.9 Å². The summed E-state index contributed by atoms with van der Waals surface area (Å²) in [4.78, 5) is 2.27. The molecule has 4 heteroatoms. The molecule has 19 heavy (non-hydrogen) atoms. The van der Waals surface area contributed by atoms with Gasteiger partial charge in [-0.05, 0) is 38.1 Å². The summed E-state index contributed by atoms with van der Waals surface area (Å²) in [5.41, 5.74) is 6.61. The second-order valence-corrected chi connectivity index (χ2v) is 6.29. The molecule has 2 N–H and O–H groups in total. The molecule has 1 aromatic rings. The Hall–Kier alpha value is -0.450. The van der Waals surface area contributed by atoms with Gasteiger partial charge < -0.3 is 5.73 Å². The Labute approximate surface area is 123 Å². The lowest BCUT2D eigenvalue weighted by Gasteiger charge is -2.37. The van der Waals surface area contributed by atoms with E-state index in [9.17, 15) is 4.39 Å². The Morgan fingerprint density at radius 1 is 1.37 bits per heavy atom. The Kier molecular flexibility index (Phi) is 5.37. The number of rotatable bonds is 4. The summed E-state index contributed by atoms with van der Waals surface area (Å²) in [5.74, 6) is -0.165. The van der Waals surface area contributed by atoms with Crippen LogP contribution in [0, 0.1) is 5.82 Å². The van der Waals surface area contributed by atoms with Crippen LogP contribution in [-0.2, 0) is 0 Å². The van der Waals surface area contributed by atoms with Crippen LogP contribution in [-0.4, -0.2) is 24.5 Å². The zero-order valence-electron chi connectivity index (χ0n) is 11.4. The second-order valence-electron chi connectivity index (χ2n) is 5.37. The molecule has 0 heterocycles. The van der Waals surface area contributed by atoms with Crippen molar-refractivity contribution in [1.29, 1.82) is 0 Å². The van der Waals surface area contributed by atoms with Gasteiger partial charge in [0.2, 0.25) is 0 Å². The number of nitrogens with two attached hydrogens (primary N) is 1. The van der Waals surface area contributed by atoms with Gasteiger partial charge in [-0.15, -0.1) is 0 Å². The summed E-state index contributed by atoms with van der Waals surface area (Å²) >= 11 is 3.41. The van der Waals surface area contributed by atoms with Crippen molar-refractivity contribution in [2.24, 2.45) is 5.73 Å². The highest BCUT2D eigenvalue weighted by Crippen LogP contribution is 2.30. The van der Waals surface area contributed by atoms with E-state index >= 15 is 0 Å². The largest absolute Gasteiger partial charge is 0.329 e. The van der Waals surface area contributed by atoms with E-state index < -0.39 is 0 Å². The molecule has 0 radical (unpaired) electrons. The van der Waals surface area contributed by atoms with Gasteiger partial charge >= 0.3 is 0 Å². The van der Waals surface area contributed by atoms with E-state index in [4.69, 9.17) is 5.73 Å². The molecule has 2 nitrogen and oxygen atoms in total. The molecule has 1 unspecified atom stereocenters. The summed E-state index contributed by atoms with van der Waals surface area (Å²) in [6.07, 6.45) is 6.26. The molecule has 0 aromatic heterocycles. The molecule has 0 aliphatic heterocycles. The number of hydrogen-bond donors (Lipinski definition) is 1. The highest BCUT2D eigenvalue weighted by atomic mass is 79.9. The van der Waals surface area contributed by atoms with E-state index in [1.54, 1.807) is 6.07 Å². The first-order chi connectivity index (χ1) is 9.13. The quantitative estimate of drug-likeness (QED) is 0.909. The Bertz CT molecular complexity index is 419. The number of nitrogens with zero attached hydrogens (tertiary/aromatic N) is 1. The van der Waals surface area contributed by atoms with Gasteiger partial charge in [-0.3, -0.25) is 4.90 Å². The smallest absolute Gasteiger partial charge is 0.128 e. The highest BCUT2D eigenvalue weighted by Gasteiger charge is 2.26. The molecule has 1 atom stereocenters. The molecule has 106 valence electrons. The minimum atomic E-state index is -0.165. The number of hydrogen-bond acceptors (Lipinski definition) is 2. The van der Waals surface area contributed by atoms with E-state index in [1.807, 2.05) is 6.07 Å². The maximum absolute atomic E-state index is 14.0. The lowest BCUT2D eigenvalue weighted by Crippen LogP contribution is -2.40. The topological polar surface area (TPSA) is 29.3 Å². The normalized spacial score (nSPS) is 18.8. The number of likely N-dealkylation sites (N-methyl/N-ethyl adjacent to an activating group) is 1. The first-order valence-electron chi connectivity index (χ1n) is 7.00. The third-order valence-corrected chi connectivity index (χ3v) is 4.68. The monoisotopic (exact) mass is 328 g/mol. The SMILES string of the molecule is CN(C1CCCCC1)C(CN)c1cc(Br)ccc1F. The van der Waals surface area contributed by atoms with Gasteiger partial charge in [0.15, 0.2) is 0 Å². The van der Waals surface area contributed by atoms with Crippen molar-refractivity contribution in [1.82, 2.24) is 4.90 Å². The van der Waals surface area contributed by atoms with Crippen molar-refractivity contribution in [3.8, 4) is 0 Å². The highest BCUT2D eigenvalue weighted by molar-refractivity contribution is 9.10. The fourth-order valence-corrected chi connectivity index (χ4v) is 3.40. The third-order valence-electron chi connectivity index (χ3n) is 4.18. The van der Waals surface area contributed by atoms with Gasteiger partial charge in [-0.25, -0.2) is 4.39 Å². The van der Waals surface area contributed by atoms with Crippen molar-refractivity contribution < 1.29 is 4.39 Å². The molecule has 1 aromatic carbocycles. The van der Waals surface area contributed by atoms with Crippen molar-refractivity contribution in [2.45, 2.75) is 44.2 Å². The first-order valence-corrected chi connectivity index (χ1v) is 7.79. The lowest BCUT2D eigenvalue weighted by molar-refractivity contribution is 0.138. The third kappa shape index (κ3) is 3.56. The molecule has 1 aliphatic rings. The van der Waals surface area contributed by atoms with Crippen molar-refractivity contribution in [3.63, 3.8) is 0 Å². The average Bonchev–Trinajstić information content (AvgIpc) is 2.44. The van der Waals surface area contributed by atoms with Crippen LogP contribution in [0.15, 0.2) is 22.7 Å². The predicted molar refractivity (Wildman–Crippen MR) is 80.5 cm³/mol.